The lowest BCUT2D eigenvalue weighted by Crippen LogP contribution is -2.10. The van der Waals surface area contributed by atoms with Gasteiger partial charge in [-0.2, -0.15) is 0 Å². The second kappa shape index (κ2) is 7.42. The molecule has 3 nitrogen and oxygen atoms in total. The second-order valence-corrected chi connectivity index (χ2v) is 5.98. The Kier molecular flexibility index (Phi) is 5.09. The number of para-hydroxylation sites is 2. The SMILES string of the molecule is CCCCCCn1c([C@H](O)c2ccccc2)nc2ccccc21. The van der Waals surface area contributed by atoms with Crippen LogP contribution in [0.3, 0.4) is 0 Å². The van der Waals surface area contributed by atoms with E-state index < -0.39 is 6.10 Å². The molecule has 0 aliphatic carbocycles. The molecule has 1 aromatic heterocycles. The van der Waals surface area contributed by atoms with Gasteiger partial charge in [-0.3, -0.25) is 0 Å². The minimum absolute atomic E-state index is 0.685. The van der Waals surface area contributed by atoms with Crippen molar-refractivity contribution in [1.29, 1.82) is 0 Å². The minimum Gasteiger partial charge on any atom is -0.380 e. The fraction of sp³-hybridized carbons (Fsp3) is 0.350. The first-order chi connectivity index (χ1) is 11.3. The van der Waals surface area contributed by atoms with E-state index in [-0.39, 0.29) is 0 Å². The normalized spacial score (nSPS) is 12.6. The van der Waals surface area contributed by atoms with Crippen molar-refractivity contribution in [3.8, 4) is 0 Å². The Hall–Kier alpha value is -2.13. The Balaban J connectivity index is 1.94. The van der Waals surface area contributed by atoms with E-state index in [1.165, 1.54) is 19.3 Å². The molecule has 0 unspecified atom stereocenters. The van der Waals surface area contributed by atoms with Gasteiger partial charge < -0.3 is 9.67 Å². The van der Waals surface area contributed by atoms with Gasteiger partial charge in [0.15, 0.2) is 0 Å². The number of hydrogen-bond acceptors (Lipinski definition) is 2. The van der Waals surface area contributed by atoms with Gasteiger partial charge in [0, 0.05) is 6.54 Å². The van der Waals surface area contributed by atoms with Gasteiger partial charge in [-0.1, -0.05) is 68.7 Å². The summed E-state index contributed by atoms with van der Waals surface area (Å²) in [5.74, 6) is 0.744. The van der Waals surface area contributed by atoms with Crippen LogP contribution in [0.2, 0.25) is 0 Å². The van der Waals surface area contributed by atoms with Crippen LogP contribution in [-0.4, -0.2) is 14.7 Å². The maximum Gasteiger partial charge on any atom is 0.143 e. The largest absolute Gasteiger partial charge is 0.380 e. The predicted molar refractivity (Wildman–Crippen MR) is 94.4 cm³/mol. The average Bonchev–Trinajstić information content (AvgIpc) is 2.97. The summed E-state index contributed by atoms with van der Waals surface area (Å²) in [6.07, 6.45) is 4.12. The molecule has 3 aromatic rings. The van der Waals surface area contributed by atoms with Gasteiger partial charge in [-0.25, -0.2) is 4.98 Å². The molecule has 0 saturated heterocycles. The summed E-state index contributed by atoms with van der Waals surface area (Å²) < 4.78 is 2.18. The number of aliphatic hydroxyl groups is 1. The molecule has 120 valence electrons. The molecule has 0 aliphatic heterocycles. The van der Waals surface area contributed by atoms with Crippen molar-refractivity contribution in [2.24, 2.45) is 0 Å². The van der Waals surface area contributed by atoms with E-state index in [1.807, 2.05) is 48.5 Å². The van der Waals surface area contributed by atoms with Gasteiger partial charge in [-0.15, -0.1) is 0 Å². The fourth-order valence-electron chi connectivity index (χ4n) is 3.02. The molecule has 1 atom stereocenters. The highest BCUT2D eigenvalue weighted by Crippen LogP contribution is 2.26. The van der Waals surface area contributed by atoms with Crippen LogP contribution in [-0.2, 0) is 6.54 Å². The highest BCUT2D eigenvalue weighted by Gasteiger charge is 2.19. The number of imidazole rings is 1. The third-order valence-corrected chi connectivity index (χ3v) is 4.28. The Morgan fingerprint density at radius 3 is 2.48 bits per heavy atom. The molecule has 23 heavy (non-hydrogen) atoms. The Bertz CT molecular complexity index is 749. The number of aryl methyl sites for hydroxylation is 1. The first-order valence-electron chi connectivity index (χ1n) is 8.49. The van der Waals surface area contributed by atoms with Crippen LogP contribution in [0.4, 0.5) is 0 Å². The lowest BCUT2D eigenvalue weighted by molar-refractivity contribution is 0.205. The van der Waals surface area contributed by atoms with Crippen molar-refractivity contribution in [1.82, 2.24) is 9.55 Å². The molecule has 2 aromatic carbocycles. The van der Waals surface area contributed by atoms with Gasteiger partial charge in [0.25, 0.3) is 0 Å². The summed E-state index contributed by atoms with van der Waals surface area (Å²) in [5, 5.41) is 10.8. The maximum absolute atomic E-state index is 10.8. The monoisotopic (exact) mass is 308 g/mol. The molecular formula is C20H24N2O. The zero-order valence-electron chi connectivity index (χ0n) is 13.7. The van der Waals surface area contributed by atoms with Crippen molar-refractivity contribution in [2.45, 2.75) is 45.3 Å². The van der Waals surface area contributed by atoms with Crippen LogP contribution in [0, 0.1) is 0 Å². The highest BCUT2D eigenvalue weighted by atomic mass is 16.3. The molecule has 0 fully saturated rings. The minimum atomic E-state index is -0.685. The number of hydrogen-bond donors (Lipinski definition) is 1. The van der Waals surface area contributed by atoms with E-state index in [1.54, 1.807) is 0 Å². The Labute approximate surface area is 137 Å². The summed E-state index contributed by atoms with van der Waals surface area (Å²) in [7, 11) is 0. The highest BCUT2D eigenvalue weighted by molar-refractivity contribution is 5.76. The van der Waals surface area contributed by atoms with Crippen molar-refractivity contribution >= 4 is 11.0 Å². The molecule has 3 rings (SSSR count). The first kappa shape index (κ1) is 15.8. The number of nitrogens with zero attached hydrogens (tertiary/aromatic N) is 2. The average molecular weight is 308 g/mol. The van der Waals surface area contributed by atoms with E-state index in [0.717, 1.165) is 35.4 Å². The van der Waals surface area contributed by atoms with E-state index in [2.05, 4.69) is 17.6 Å². The van der Waals surface area contributed by atoms with Crippen LogP contribution in [0.5, 0.6) is 0 Å². The quantitative estimate of drug-likeness (QED) is 0.643. The molecule has 3 heteroatoms. The molecule has 0 amide bonds. The first-order valence-corrected chi connectivity index (χ1v) is 8.49. The van der Waals surface area contributed by atoms with Crippen LogP contribution in [0.15, 0.2) is 54.6 Å². The molecule has 0 radical (unpaired) electrons. The van der Waals surface area contributed by atoms with Crippen LogP contribution >= 0.6 is 0 Å². The zero-order valence-corrected chi connectivity index (χ0v) is 13.7. The number of fused-ring (bicyclic) bond motifs is 1. The summed E-state index contributed by atoms with van der Waals surface area (Å²) in [6.45, 7) is 3.12. The number of unbranched alkanes of at least 4 members (excludes halogenated alkanes) is 3. The zero-order chi connectivity index (χ0) is 16.1. The lowest BCUT2D eigenvalue weighted by atomic mass is 10.1. The van der Waals surface area contributed by atoms with Gasteiger partial charge in [0.1, 0.15) is 11.9 Å². The predicted octanol–water partition coefficient (Wildman–Crippen LogP) is 4.70. The second-order valence-electron chi connectivity index (χ2n) is 5.98. The van der Waals surface area contributed by atoms with Crippen molar-refractivity contribution < 1.29 is 5.11 Å². The molecule has 0 bridgehead atoms. The van der Waals surface area contributed by atoms with Crippen molar-refractivity contribution in [2.75, 3.05) is 0 Å². The van der Waals surface area contributed by atoms with Gasteiger partial charge >= 0.3 is 0 Å². The molecule has 0 aliphatic rings. The summed E-state index contributed by atoms with van der Waals surface area (Å²) in [5.41, 5.74) is 2.94. The molecule has 0 spiro atoms. The Morgan fingerprint density at radius 1 is 0.957 bits per heavy atom. The summed E-state index contributed by atoms with van der Waals surface area (Å²) >= 11 is 0. The third kappa shape index (κ3) is 3.45. The van der Waals surface area contributed by atoms with E-state index >= 15 is 0 Å². The number of aliphatic hydroxyl groups excluding tert-OH is 1. The summed E-state index contributed by atoms with van der Waals surface area (Å²) in [6, 6.07) is 17.9. The fourth-order valence-corrected chi connectivity index (χ4v) is 3.02. The van der Waals surface area contributed by atoms with Crippen LogP contribution in [0.25, 0.3) is 11.0 Å². The molecule has 0 saturated carbocycles. The van der Waals surface area contributed by atoms with E-state index in [4.69, 9.17) is 4.98 Å². The van der Waals surface area contributed by atoms with Crippen molar-refractivity contribution in [3.63, 3.8) is 0 Å². The maximum atomic E-state index is 10.8. The topological polar surface area (TPSA) is 38.0 Å². The molecule has 1 N–H and O–H groups in total. The van der Waals surface area contributed by atoms with E-state index in [0.29, 0.717) is 0 Å². The van der Waals surface area contributed by atoms with Gasteiger partial charge in [0.05, 0.1) is 11.0 Å². The number of benzene rings is 2. The molecular weight excluding hydrogens is 284 g/mol. The van der Waals surface area contributed by atoms with Gasteiger partial charge in [-0.05, 0) is 24.1 Å². The summed E-state index contributed by atoms with van der Waals surface area (Å²) in [4.78, 5) is 4.70. The molecule has 1 heterocycles. The van der Waals surface area contributed by atoms with Gasteiger partial charge in [0.2, 0.25) is 0 Å². The van der Waals surface area contributed by atoms with E-state index in [9.17, 15) is 5.11 Å². The Morgan fingerprint density at radius 2 is 1.70 bits per heavy atom. The number of aromatic nitrogens is 2. The number of rotatable bonds is 7. The standard InChI is InChI=1S/C20H24N2O/c1-2-3-4-10-15-22-18-14-9-8-13-17(18)21-20(22)19(23)16-11-6-5-7-12-16/h5-9,11-14,19,23H,2-4,10,15H2,1H3/t19-/m1/s1. The lowest BCUT2D eigenvalue weighted by Gasteiger charge is -2.14. The van der Waals surface area contributed by atoms with Crippen LogP contribution < -0.4 is 0 Å². The third-order valence-electron chi connectivity index (χ3n) is 4.28. The van der Waals surface area contributed by atoms with Crippen LogP contribution in [0.1, 0.15) is 50.1 Å². The van der Waals surface area contributed by atoms with Crippen molar-refractivity contribution in [3.05, 3.63) is 66.0 Å². The smallest absolute Gasteiger partial charge is 0.143 e.